The van der Waals surface area contributed by atoms with E-state index in [-0.39, 0.29) is 0 Å². The van der Waals surface area contributed by atoms with Gasteiger partial charge in [0.15, 0.2) is 0 Å². The maximum absolute atomic E-state index is 8.88. The zero-order valence-corrected chi connectivity index (χ0v) is 6.65. The van der Waals surface area contributed by atoms with Gasteiger partial charge < -0.3 is 10.0 Å². The molecule has 1 heterocycles. The van der Waals surface area contributed by atoms with Crippen LogP contribution in [0.25, 0.3) is 0 Å². The average Bonchev–Trinajstić information content (AvgIpc) is 2.05. The van der Waals surface area contributed by atoms with Crippen molar-refractivity contribution in [2.75, 3.05) is 0 Å². The summed E-state index contributed by atoms with van der Waals surface area (Å²) in [6, 6.07) is 1.64. The molecule has 0 fully saturated rings. The van der Waals surface area contributed by atoms with E-state index in [2.05, 4.69) is 16.8 Å². The number of aromatic nitrogens is 1. The largest absolute Gasteiger partial charge is 0.491 e. The fraction of sp³-hybridized carbons (Fsp3) is 0.125. The average molecular weight is 161 g/mol. The monoisotopic (exact) mass is 161 g/mol. The normalized spacial score (nSPS) is 8.58. The molecule has 0 unspecified atom stereocenters. The van der Waals surface area contributed by atoms with Gasteiger partial charge >= 0.3 is 7.12 Å². The fourth-order valence-electron chi connectivity index (χ4n) is 0.861. The number of nitrogens with zero attached hydrogens (tertiary/aromatic N) is 1. The molecule has 3 nitrogen and oxygen atoms in total. The lowest BCUT2D eigenvalue weighted by Gasteiger charge is -2.00. The molecule has 12 heavy (non-hydrogen) atoms. The highest BCUT2D eigenvalue weighted by Gasteiger charge is 2.14. The summed E-state index contributed by atoms with van der Waals surface area (Å²) in [6.45, 7) is 1.69. The summed E-state index contributed by atoms with van der Waals surface area (Å²) in [5.74, 6) is 5.43. The van der Waals surface area contributed by atoms with E-state index in [1.807, 2.05) is 0 Å². The van der Waals surface area contributed by atoms with Crippen LogP contribution in [0.2, 0.25) is 0 Å². The van der Waals surface area contributed by atoms with E-state index < -0.39 is 7.12 Å². The Bertz CT molecular complexity index is 327. The zero-order valence-electron chi connectivity index (χ0n) is 6.65. The lowest BCUT2D eigenvalue weighted by molar-refractivity contribution is 0.425. The molecule has 0 aromatic carbocycles. The molecule has 0 atom stereocenters. The molecule has 4 heteroatoms. The van der Waals surface area contributed by atoms with Crippen molar-refractivity contribution < 1.29 is 10.0 Å². The van der Waals surface area contributed by atoms with E-state index in [1.165, 1.54) is 6.20 Å². The topological polar surface area (TPSA) is 53.4 Å². The minimum atomic E-state index is -1.51. The van der Waals surface area contributed by atoms with E-state index in [9.17, 15) is 0 Å². The Kier molecular flexibility index (Phi) is 2.86. The molecule has 0 saturated heterocycles. The molecule has 1 aromatic rings. The third kappa shape index (κ3) is 1.85. The second kappa shape index (κ2) is 3.91. The van der Waals surface area contributed by atoms with Crippen molar-refractivity contribution in [2.24, 2.45) is 0 Å². The first kappa shape index (κ1) is 8.79. The molecule has 0 saturated carbocycles. The first-order valence-corrected chi connectivity index (χ1v) is 3.48. The van der Waals surface area contributed by atoms with Crippen molar-refractivity contribution in [1.29, 1.82) is 0 Å². The minimum absolute atomic E-state index is 0.340. The second-order valence-electron chi connectivity index (χ2n) is 2.21. The summed E-state index contributed by atoms with van der Waals surface area (Å²) < 4.78 is 0. The molecule has 0 bridgehead atoms. The predicted octanol–water partition coefficient (Wildman–Crippen LogP) is -0.867. The van der Waals surface area contributed by atoms with E-state index in [4.69, 9.17) is 10.0 Å². The fourth-order valence-corrected chi connectivity index (χ4v) is 0.861. The summed E-state index contributed by atoms with van der Waals surface area (Å²) in [4.78, 5) is 3.76. The lowest BCUT2D eigenvalue weighted by Crippen LogP contribution is -2.32. The van der Waals surface area contributed by atoms with Crippen LogP contribution in [0.1, 0.15) is 12.5 Å². The molecule has 0 aliphatic rings. The van der Waals surface area contributed by atoms with Gasteiger partial charge in [-0.05, 0) is 13.0 Å². The molecule has 0 radical (unpaired) electrons. The van der Waals surface area contributed by atoms with Crippen molar-refractivity contribution in [2.45, 2.75) is 6.92 Å². The van der Waals surface area contributed by atoms with Gasteiger partial charge in [0.2, 0.25) is 0 Å². The number of hydrogen-bond donors (Lipinski definition) is 2. The van der Waals surface area contributed by atoms with Gasteiger partial charge in [-0.3, -0.25) is 4.98 Å². The van der Waals surface area contributed by atoms with Gasteiger partial charge in [-0.25, -0.2) is 0 Å². The third-order valence-electron chi connectivity index (χ3n) is 1.39. The molecule has 2 N–H and O–H groups in total. The first-order valence-electron chi connectivity index (χ1n) is 3.48. The van der Waals surface area contributed by atoms with Crippen LogP contribution in [0.15, 0.2) is 18.5 Å². The molecule has 0 amide bonds. The second-order valence-corrected chi connectivity index (χ2v) is 2.21. The van der Waals surface area contributed by atoms with E-state index in [1.54, 1.807) is 19.2 Å². The maximum atomic E-state index is 8.88. The van der Waals surface area contributed by atoms with Crippen molar-refractivity contribution in [3.8, 4) is 11.8 Å². The van der Waals surface area contributed by atoms with Gasteiger partial charge in [-0.15, -0.1) is 5.92 Å². The van der Waals surface area contributed by atoms with Crippen molar-refractivity contribution in [3.05, 3.63) is 24.0 Å². The SMILES string of the molecule is CC#Cc1ccncc1B(O)O. The highest BCUT2D eigenvalue weighted by Crippen LogP contribution is 1.91. The zero-order chi connectivity index (χ0) is 8.97. The number of pyridine rings is 1. The Balaban J connectivity index is 3.14. The van der Waals surface area contributed by atoms with Gasteiger partial charge in [0.25, 0.3) is 0 Å². The van der Waals surface area contributed by atoms with Gasteiger partial charge in [-0.2, -0.15) is 0 Å². The molecule has 0 aliphatic carbocycles. The predicted molar refractivity (Wildman–Crippen MR) is 46.6 cm³/mol. The highest BCUT2D eigenvalue weighted by atomic mass is 16.4. The Hall–Kier alpha value is -1.31. The Morgan fingerprint density at radius 1 is 1.50 bits per heavy atom. The number of hydrogen-bond acceptors (Lipinski definition) is 3. The minimum Gasteiger partial charge on any atom is -0.423 e. The van der Waals surface area contributed by atoms with Crippen LogP contribution in [0, 0.1) is 11.8 Å². The summed E-state index contributed by atoms with van der Waals surface area (Å²) in [6.07, 6.45) is 2.95. The molecule has 1 aromatic heterocycles. The van der Waals surface area contributed by atoms with Crippen LogP contribution in [0.3, 0.4) is 0 Å². The van der Waals surface area contributed by atoms with Crippen LogP contribution >= 0.6 is 0 Å². The van der Waals surface area contributed by atoms with Gasteiger partial charge in [0, 0.05) is 23.4 Å². The van der Waals surface area contributed by atoms with E-state index in [0.29, 0.717) is 11.0 Å². The van der Waals surface area contributed by atoms with Gasteiger partial charge in [0.1, 0.15) is 0 Å². The van der Waals surface area contributed by atoms with Crippen LogP contribution in [-0.4, -0.2) is 22.2 Å². The van der Waals surface area contributed by atoms with Crippen LogP contribution < -0.4 is 5.46 Å². The lowest BCUT2D eigenvalue weighted by atomic mass is 9.78. The standard InChI is InChI=1S/C8H8BNO2/c1-2-3-7-4-5-10-6-8(7)9(11)12/h4-6,11-12H,1H3. The Morgan fingerprint density at radius 3 is 2.83 bits per heavy atom. The summed E-state index contributed by atoms with van der Waals surface area (Å²) in [5, 5.41) is 17.8. The Labute approximate surface area is 71.2 Å². The van der Waals surface area contributed by atoms with Crippen molar-refractivity contribution in [1.82, 2.24) is 4.98 Å². The van der Waals surface area contributed by atoms with Crippen LogP contribution in [0.4, 0.5) is 0 Å². The first-order chi connectivity index (χ1) is 5.75. The maximum Gasteiger partial charge on any atom is 0.491 e. The number of rotatable bonds is 1. The van der Waals surface area contributed by atoms with Crippen LogP contribution in [-0.2, 0) is 0 Å². The van der Waals surface area contributed by atoms with Crippen molar-refractivity contribution in [3.63, 3.8) is 0 Å². The summed E-state index contributed by atoms with van der Waals surface area (Å²) in [7, 11) is -1.51. The highest BCUT2D eigenvalue weighted by molar-refractivity contribution is 6.59. The van der Waals surface area contributed by atoms with E-state index in [0.717, 1.165) is 0 Å². The molecule has 1 rings (SSSR count). The Morgan fingerprint density at radius 2 is 2.25 bits per heavy atom. The summed E-state index contributed by atoms with van der Waals surface area (Å²) in [5.41, 5.74) is 0.939. The molecule has 0 aliphatic heterocycles. The quantitative estimate of drug-likeness (QED) is 0.416. The molecule has 60 valence electrons. The van der Waals surface area contributed by atoms with E-state index >= 15 is 0 Å². The van der Waals surface area contributed by atoms with Gasteiger partial charge in [0.05, 0.1) is 0 Å². The van der Waals surface area contributed by atoms with Crippen molar-refractivity contribution >= 4 is 12.6 Å². The van der Waals surface area contributed by atoms with Gasteiger partial charge in [-0.1, -0.05) is 5.92 Å². The third-order valence-corrected chi connectivity index (χ3v) is 1.39. The molecular formula is C8H8BNO2. The smallest absolute Gasteiger partial charge is 0.423 e. The summed E-state index contributed by atoms with van der Waals surface area (Å²) >= 11 is 0. The van der Waals surface area contributed by atoms with Crippen LogP contribution in [0.5, 0.6) is 0 Å². The molecule has 0 spiro atoms. The molecular weight excluding hydrogens is 153 g/mol.